The number of rotatable bonds is 4. The molecule has 1 aliphatic heterocycles. The second-order valence-corrected chi connectivity index (χ2v) is 5.31. The average molecular weight is 272 g/mol. The molecule has 1 fully saturated rings. The van der Waals surface area contributed by atoms with Crippen molar-refractivity contribution in [3.05, 3.63) is 35.4 Å². The van der Waals surface area contributed by atoms with Crippen LogP contribution in [0.3, 0.4) is 0 Å². The summed E-state index contributed by atoms with van der Waals surface area (Å²) in [7, 11) is 0. The van der Waals surface area contributed by atoms with Crippen molar-refractivity contribution in [2.24, 2.45) is 5.92 Å². The summed E-state index contributed by atoms with van der Waals surface area (Å²) in [5.74, 6) is 0.301. The molecule has 1 N–H and O–H groups in total. The molecule has 1 amide bonds. The number of piperidine rings is 1. The van der Waals surface area contributed by atoms with Crippen LogP contribution in [0.1, 0.15) is 24.0 Å². The standard InChI is InChI=1S/C16H20N2O2/c17-8-7-14-5-1-2-6-15(14)10-16(20)18-9-3-4-13(11-18)12-19/h1-2,5-6,13,19H,3-4,7,9-12H2. The van der Waals surface area contributed by atoms with E-state index < -0.39 is 0 Å². The lowest BCUT2D eigenvalue weighted by Crippen LogP contribution is -2.41. The van der Waals surface area contributed by atoms with Crippen molar-refractivity contribution < 1.29 is 9.90 Å². The van der Waals surface area contributed by atoms with Gasteiger partial charge in [-0.1, -0.05) is 24.3 Å². The normalized spacial score (nSPS) is 18.6. The summed E-state index contributed by atoms with van der Waals surface area (Å²) in [6.45, 7) is 1.57. The van der Waals surface area contributed by atoms with E-state index in [1.165, 1.54) is 0 Å². The summed E-state index contributed by atoms with van der Waals surface area (Å²) in [6.07, 6.45) is 2.63. The van der Waals surface area contributed by atoms with Gasteiger partial charge in [0.25, 0.3) is 0 Å². The van der Waals surface area contributed by atoms with Gasteiger partial charge >= 0.3 is 0 Å². The lowest BCUT2D eigenvalue weighted by atomic mass is 9.97. The molecule has 0 bridgehead atoms. The minimum atomic E-state index is 0.0912. The maximum atomic E-state index is 12.3. The van der Waals surface area contributed by atoms with E-state index in [1.54, 1.807) is 0 Å². The van der Waals surface area contributed by atoms with Crippen LogP contribution >= 0.6 is 0 Å². The first kappa shape index (κ1) is 14.5. The third-order valence-electron chi connectivity index (χ3n) is 3.86. The monoisotopic (exact) mass is 272 g/mol. The molecule has 4 heteroatoms. The molecule has 0 aliphatic carbocycles. The van der Waals surface area contributed by atoms with Crippen LogP contribution in [0.2, 0.25) is 0 Å². The Morgan fingerprint density at radius 1 is 1.40 bits per heavy atom. The second-order valence-electron chi connectivity index (χ2n) is 5.31. The van der Waals surface area contributed by atoms with Crippen LogP contribution in [0.15, 0.2) is 24.3 Å². The lowest BCUT2D eigenvalue weighted by molar-refractivity contribution is -0.132. The predicted octanol–water partition coefficient (Wildman–Crippen LogP) is 1.53. The Kier molecular flexibility index (Phi) is 5.14. The number of carbonyl (C=O) groups is 1. The van der Waals surface area contributed by atoms with Gasteiger partial charge in [0.1, 0.15) is 0 Å². The fraction of sp³-hybridized carbons (Fsp3) is 0.500. The molecule has 4 nitrogen and oxygen atoms in total. The number of nitriles is 1. The molecule has 0 spiro atoms. The lowest BCUT2D eigenvalue weighted by Gasteiger charge is -2.32. The van der Waals surface area contributed by atoms with Gasteiger partial charge in [0.15, 0.2) is 0 Å². The van der Waals surface area contributed by atoms with Crippen molar-refractivity contribution in [2.75, 3.05) is 19.7 Å². The Labute approximate surface area is 119 Å². The molecule has 1 aromatic carbocycles. The molecule has 1 aliphatic rings. The van der Waals surface area contributed by atoms with Crippen molar-refractivity contribution >= 4 is 5.91 Å². The summed E-state index contributed by atoms with van der Waals surface area (Å²) in [5.41, 5.74) is 1.87. The highest BCUT2D eigenvalue weighted by Crippen LogP contribution is 2.18. The minimum Gasteiger partial charge on any atom is -0.396 e. The maximum absolute atomic E-state index is 12.3. The molecule has 0 radical (unpaired) electrons. The SMILES string of the molecule is N#CCc1ccccc1CC(=O)N1CCCC(CO)C1. The highest BCUT2D eigenvalue weighted by atomic mass is 16.3. The van der Waals surface area contributed by atoms with Gasteiger partial charge in [-0.05, 0) is 29.9 Å². The van der Waals surface area contributed by atoms with Gasteiger partial charge in [-0.2, -0.15) is 5.26 Å². The fourth-order valence-corrected chi connectivity index (χ4v) is 2.70. The van der Waals surface area contributed by atoms with E-state index in [9.17, 15) is 9.90 Å². The third-order valence-corrected chi connectivity index (χ3v) is 3.86. The number of hydrogen-bond acceptors (Lipinski definition) is 3. The molecule has 106 valence electrons. The van der Waals surface area contributed by atoms with Crippen molar-refractivity contribution in [3.8, 4) is 6.07 Å². The Hall–Kier alpha value is -1.86. The fourth-order valence-electron chi connectivity index (χ4n) is 2.70. The number of hydrogen-bond donors (Lipinski definition) is 1. The van der Waals surface area contributed by atoms with Gasteiger partial charge in [-0.15, -0.1) is 0 Å². The molecule has 2 rings (SSSR count). The zero-order valence-corrected chi connectivity index (χ0v) is 11.6. The van der Waals surface area contributed by atoms with Crippen molar-refractivity contribution in [1.82, 2.24) is 4.90 Å². The molecule has 0 aromatic heterocycles. The Balaban J connectivity index is 2.02. The number of nitrogens with zero attached hydrogens (tertiary/aromatic N) is 2. The number of likely N-dealkylation sites (tertiary alicyclic amines) is 1. The van der Waals surface area contributed by atoms with Gasteiger partial charge in [0.05, 0.1) is 18.9 Å². The molecule has 1 aromatic rings. The number of benzene rings is 1. The number of aliphatic hydroxyl groups is 1. The second kappa shape index (κ2) is 7.06. The van der Waals surface area contributed by atoms with E-state index in [0.717, 1.165) is 30.5 Å². The van der Waals surface area contributed by atoms with Gasteiger partial charge in [-0.3, -0.25) is 4.79 Å². The molecule has 0 saturated carbocycles. The van der Waals surface area contributed by atoms with Crippen LogP contribution in [-0.2, 0) is 17.6 Å². The largest absolute Gasteiger partial charge is 0.396 e. The summed E-state index contributed by atoms with van der Waals surface area (Å²) in [4.78, 5) is 14.2. The number of aliphatic hydroxyl groups excluding tert-OH is 1. The van der Waals surface area contributed by atoms with E-state index in [4.69, 9.17) is 5.26 Å². The van der Waals surface area contributed by atoms with Crippen molar-refractivity contribution in [1.29, 1.82) is 5.26 Å². The average Bonchev–Trinajstić information content (AvgIpc) is 2.49. The molecular formula is C16H20N2O2. The highest BCUT2D eigenvalue weighted by Gasteiger charge is 2.23. The van der Waals surface area contributed by atoms with E-state index in [2.05, 4.69) is 6.07 Å². The van der Waals surface area contributed by atoms with Gasteiger partial charge in [-0.25, -0.2) is 0 Å². The Morgan fingerprint density at radius 3 is 2.85 bits per heavy atom. The third kappa shape index (κ3) is 3.58. The molecule has 1 heterocycles. The van der Waals surface area contributed by atoms with Crippen LogP contribution in [-0.4, -0.2) is 35.6 Å². The van der Waals surface area contributed by atoms with Crippen LogP contribution in [0.4, 0.5) is 0 Å². The minimum absolute atomic E-state index is 0.0912. The highest BCUT2D eigenvalue weighted by molar-refractivity contribution is 5.79. The van der Waals surface area contributed by atoms with Crippen LogP contribution < -0.4 is 0 Å². The maximum Gasteiger partial charge on any atom is 0.227 e. The molecule has 20 heavy (non-hydrogen) atoms. The van der Waals surface area contributed by atoms with E-state index in [1.807, 2.05) is 29.2 Å². The molecular weight excluding hydrogens is 252 g/mol. The molecule has 1 atom stereocenters. The molecule has 1 saturated heterocycles. The smallest absolute Gasteiger partial charge is 0.227 e. The van der Waals surface area contributed by atoms with Crippen molar-refractivity contribution in [2.45, 2.75) is 25.7 Å². The first-order valence-corrected chi connectivity index (χ1v) is 7.07. The van der Waals surface area contributed by atoms with E-state index in [-0.39, 0.29) is 18.4 Å². The topological polar surface area (TPSA) is 64.3 Å². The van der Waals surface area contributed by atoms with Gasteiger partial charge < -0.3 is 10.0 Å². The van der Waals surface area contributed by atoms with E-state index >= 15 is 0 Å². The first-order valence-electron chi connectivity index (χ1n) is 7.07. The molecule has 1 unspecified atom stereocenters. The quantitative estimate of drug-likeness (QED) is 0.904. The van der Waals surface area contributed by atoms with Crippen molar-refractivity contribution in [3.63, 3.8) is 0 Å². The zero-order valence-electron chi connectivity index (χ0n) is 11.6. The zero-order chi connectivity index (χ0) is 14.4. The predicted molar refractivity (Wildman–Crippen MR) is 75.9 cm³/mol. The van der Waals surface area contributed by atoms with Crippen LogP contribution in [0.5, 0.6) is 0 Å². The van der Waals surface area contributed by atoms with Crippen LogP contribution in [0.25, 0.3) is 0 Å². The van der Waals surface area contributed by atoms with E-state index in [0.29, 0.717) is 19.4 Å². The summed E-state index contributed by atoms with van der Waals surface area (Å²) < 4.78 is 0. The summed E-state index contributed by atoms with van der Waals surface area (Å²) >= 11 is 0. The summed E-state index contributed by atoms with van der Waals surface area (Å²) in [6, 6.07) is 9.74. The number of carbonyl (C=O) groups excluding carboxylic acids is 1. The summed E-state index contributed by atoms with van der Waals surface area (Å²) in [5, 5.41) is 18.0. The Morgan fingerprint density at radius 2 is 2.15 bits per heavy atom. The van der Waals surface area contributed by atoms with Gasteiger partial charge in [0.2, 0.25) is 5.91 Å². The van der Waals surface area contributed by atoms with Crippen LogP contribution in [0, 0.1) is 17.2 Å². The first-order chi connectivity index (χ1) is 9.74. The number of amides is 1. The van der Waals surface area contributed by atoms with Gasteiger partial charge in [0, 0.05) is 19.7 Å². The Bertz CT molecular complexity index is 507.